The van der Waals surface area contributed by atoms with E-state index < -0.39 is 0 Å². The average Bonchev–Trinajstić information content (AvgIpc) is 2.65. The third-order valence-corrected chi connectivity index (χ3v) is 4.00. The van der Waals surface area contributed by atoms with Crippen molar-refractivity contribution in [1.29, 1.82) is 0 Å². The summed E-state index contributed by atoms with van der Waals surface area (Å²) in [4.78, 5) is 4.49. The normalized spacial score (nSPS) is 27.9. The molecule has 3 unspecified atom stereocenters. The Hall–Kier alpha value is -0.450. The molecule has 4 heteroatoms. The van der Waals surface area contributed by atoms with Gasteiger partial charge in [-0.3, -0.25) is 0 Å². The van der Waals surface area contributed by atoms with Crippen LogP contribution in [-0.2, 0) is 0 Å². The molecule has 2 rings (SSSR count). The van der Waals surface area contributed by atoms with Gasteiger partial charge in [0.25, 0.3) is 0 Å². The molecule has 1 saturated carbocycles. The van der Waals surface area contributed by atoms with Gasteiger partial charge >= 0.3 is 0 Å². The molecule has 3 nitrogen and oxygen atoms in total. The highest BCUT2D eigenvalue weighted by Gasteiger charge is 2.22. The molecule has 0 aliphatic heterocycles. The summed E-state index contributed by atoms with van der Waals surface area (Å²) in [6, 6.07) is 0.737. The lowest BCUT2D eigenvalue weighted by atomic mass is 9.92. The summed E-state index contributed by atoms with van der Waals surface area (Å²) >= 11 is 1.69. The summed E-state index contributed by atoms with van der Waals surface area (Å²) < 4.78 is 0. The maximum atomic E-state index is 9.61. The minimum Gasteiger partial charge on any atom is -0.393 e. The number of nitrogens with zero attached hydrogens (tertiary/aromatic N) is 1. The minimum atomic E-state index is -0.115. The van der Waals surface area contributed by atoms with E-state index in [9.17, 15) is 5.11 Å². The van der Waals surface area contributed by atoms with Gasteiger partial charge in [0.2, 0.25) is 0 Å². The number of aliphatic hydroxyl groups excluding tert-OH is 1. The number of hydrogen-bond acceptors (Lipinski definition) is 4. The Labute approximate surface area is 101 Å². The zero-order valence-electron chi connectivity index (χ0n) is 9.94. The van der Waals surface area contributed by atoms with Crippen LogP contribution in [0.15, 0.2) is 5.38 Å². The van der Waals surface area contributed by atoms with Crippen molar-refractivity contribution in [3.63, 3.8) is 0 Å². The van der Waals surface area contributed by atoms with Crippen molar-refractivity contribution in [1.82, 2.24) is 10.3 Å². The Morgan fingerprint density at radius 1 is 1.56 bits per heavy atom. The largest absolute Gasteiger partial charge is 0.393 e. The molecule has 1 fully saturated rings. The lowest BCUT2D eigenvalue weighted by molar-refractivity contribution is 0.109. The molecule has 0 spiro atoms. The van der Waals surface area contributed by atoms with E-state index >= 15 is 0 Å². The SMILES string of the molecule is Cc1nc(C(C)NC2CCCC(O)C2)cs1. The van der Waals surface area contributed by atoms with E-state index in [0.717, 1.165) is 30.0 Å². The number of nitrogens with one attached hydrogen (secondary N) is 1. The molecule has 0 radical (unpaired) electrons. The van der Waals surface area contributed by atoms with Gasteiger partial charge in [0.15, 0.2) is 0 Å². The fourth-order valence-electron chi connectivity index (χ4n) is 2.33. The fourth-order valence-corrected chi connectivity index (χ4v) is 3.04. The van der Waals surface area contributed by atoms with Crippen molar-refractivity contribution in [2.75, 3.05) is 0 Å². The first kappa shape index (κ1) is 12.0. The van der Waals surface area contributed by atoms with Crippen molar-refractivity contribution in [3.8, 4) is 0 Å². The van der Waals surface area contributed by atoms with Crippen LogP contribution in [0.2, 0.25) is 0 Å². The number of rotatable bonds is 3. The molecule has 0 amide bonds. The summed E-state index contributed by atoms with van der Waals surface area (Å²) in [6.45, 7) is 4.18. The van der Waals surface area contributed by atoms with Crippen LogP contribution < -0.4 is 5.32 Å². The van der Waals surface area contributed by atoms with Gasteiger partial charge in [-0.05, 0) is 39.5 Å². The van der Waals surface area contributed by atoms with Gasteiger partial charge in [0, 0.05) is 17.5 Å². The molecular formula is C12H20N2OS. The van der Waals surface area contributed by atoms with Crippen LogP contribution in [0.5, 0.6) is 0 Å². The van der Waals surface area contributed by atoms with Crippen LogP contribution in [0.4, 0.5) is 0 Å². The summed E-state index contributed by atoms with van der Waals surface area (Å²) in [5.41, 5.74) is 1.13. The number of aliphatic hydroxyl groups is 1. The van der Waals surface area contributed by atoms with E-state index in [1.165, 1.54) is 6.42 Å². The predicted octanol–water partition coefficient (Wildman–Crippen LogP) is 2.41. The summed E-state index contributed by atoms with van der Waals surface area (Å²) in [7, 11) is 0. The maximum Gasteiger partial charge on any atom is 0.0898 e. The Balaban J connectivity index is 1.89. The smallest absolute Gasteiger partial charge is 0.0898 e. The maximum absolute atomic E-state index is 9.61. The Bertz CT molecular complexity index is 340. The molecule has 1 aliphatic rings. The Morgan fingerprint density at radius 2 is 2.38 bits per heavy atom. The first-order valence-corrected chi connectivity index (χ1v) is 6.89. The van der Waals surface area contributed by atoms with Gasteiger partial charge in [0.1, 0.15) is 0 Å². The molecule has 1 heterocycles. The molecule has 0 aromatic carbocycles. The van der Waals surface area contributed by atoms with E-state index in [4.69, 9.17) is 0 Å². The van der Waals surface area contributed by atoms with E-state index in [-0.39, 0.29) is 6.10 Å². The van der Waals surface area contributed by atoms with Crippen LogP contribution in [0.3, 0.4) is 0 Å². The first-order chi connectivity index (χ1) is 7.65. The average molecular weight is 240 g/mol. The highest BCUT2D eigenvalue weighted by Crippen LogP contribution is 2.22. The molecule has 1 aromatic rings. The monoisotopic (exact) mass is 240 g/mol. The number of aromatic nitrogens is 1. The third-order valence-electron chi connectivity index (χ3n) is 3.21. The molecule has 0 bridgehead atoms. The third kappa shape index (κ3) is 3.03. The predicted molar refractivity (Wildman–Crippen MR) is 66.7 cm³/mol. The second-order valence-corrected chi connectivity index (χ2v) is 5.76. The number of aryl methyl sites for hydroxylation is 1. The number of thiazole rings is 1. The van der Waals surface area contributed by atoms with Gasteiger partial charge in [-0.2, -0.15) is 0 Å². The summed E-state index contributed by atoms with van der Waals surface area (Å²) in [6.07, 6.45) is 4.03. The Morgan fingerprint density at radius 3 is 3.00 bits per heavy atom. The van der Waals surface area contributed by atoms with Gasteiger partial charge in [-0.15, -0.1) is 11.3 Å². The minimum absolute atomic E-state index is 0.115. The highest BCUT2D eigenvalue weighted by atomic mass is 32.1. The van der Waals surface area contributed by atoms with Crippen molar-refractivity contribution in [3.05, 3.63) is 16.1 Å². The van der Waals surface area contributed by atoms with Crippen molar-refractivity contribution in [2.45, 2.75) is 57.7 Å². The lowest BCUT2D eigenvalue weighted by Crippen LogP contribution is -2.37. The standard InChI is InChI=1S/C12H20N2OS/c1-8(12-7-16-9(2)14-12)13-10-4-3-5-11(15)6-10/h7-8,10-11,13,15H,3-6H2,1-2H3. The second kappa shape index (κ2) is 5.25. The van der Waals surface area contributed by atoms with E-state index in [2.05, 4.69) is 22.6 Å². The summed E-state index contributed by atoms with van der Waals surface area (Å²) in [5.74, 6) is 0. The second-order valence-electron chi connectivity index (χ2n) is 4.70. The summed E-state index contributed by atoms with van der Waals surface area (Å²) in [5, 5.41) is 16.4. The van der Waals surface area contributed by atoms with Crippen molar-refractivity contribution >= 4 is 11.3 Å². The Kier molecular flexibility index (Phi) is 3.95. The quantitative estimate of drug-likeness (QED) is 0.853. The molecule has 1 aromatic heterocycles. The van der Waals surface area contributed by atoms with Crippen molar-refractivity contribution in [2.24, 2.45) is 0 Å². The van der Waals surface area contributed by atoms with Gasteiger partial charge in [-0.25, -0.2) is 4.98 Å². The van der Waals surface area contributed by atoms with E-state index in [0.29, 0.717) is 12.1 Å². The number of hydrogen-bond donors (Lipinski definition) is 2. The molecule has 3 atom stereocenters. The molecule has 1 aliphatic carbocycles. The fraction of sp³-hybridized carbons (Fsp3) is 0.750. The molecule has 16 heavy (non-hydrogen) atoms. The molecule has 0 saturated heterocycles. The highest BCUT2D eigenvalue weighted by molar-refractivity contribution is 7.09. The van der Waals surface area contributed by atoms with Crippen molar-refractivity contribution < 1.29 is 5.11 Å². The first-order valence-electron chi connectivity index (χ1n) is 6.01. The molecule has 90 valence electrons. The van der Waals surface area contributed by atoms with E-state index in [1.54, 1.807) is 11.3 Å². The zero-order chi connectivity index (χ0) is 11.5. The van der Waals surface area contributed by atoms with Crippen LogP contribution in [-0.4, -0.2) is 22.2 Å². The molecular weight excluding hydrogens is 220 g/mol. The van der Waals surface area contributed by atoms with Gasteiger partial charge < -0.3 is 10.4 Å². The van der Waals surface area contributed by atoms with Gasteiger partial charge in [-0.1, -0.05) is 0 Å². The lowest BCUT2D eigenvalue weighted by Gasteiger charge is -2.29. The zero-order valence-corrected chi connectivity index (χ0v) is 10.8. The topological polar surface area (TPSA) is 45.2 Å². The van der Waals surface area contributed by atoms with Crippen LogP contribution >= 0.6 is 11.3 Å². The molecule has 2 N–H and O–H groups in total. The van der Waals surface area contributed by atoms with Gasteiger partial charge in [0.05, 0.1) is 16.8 Å². The van der Waals surface area contributed by atoms with Crippen LogP contribution in [0.25, 0.3) is 0 Å². The van der Waals surface area contributed by atoms with E-state index in [1.807, 2.05) is 6.92 Å². The van der Waals surface area contributed by atoms with Crippen LogP contribution in [0.1, 0.15) is 49.4 Å². The van der Waals surface area contributed by atoms with Crippen LogP contribution in [0, 0.1) is 6.92 Å².